The van der Waals surface area contributed by atoms with Crippen LogP contribution in [0.3, 0.4) is 0 Å². The van der Waals surface area contributed by atoms with Crippen LogP contribution in [0.15, 0.2) is 59.1 Å². The summed E-state index contributed by atoms with van der Waals surface area (Å²) in [5.41, 5.74) is -0.627. The van der Waals surface area contributed by atoms with E-state index in [1.165, 1.54) is 19.9 Å². The number of ketones is 2. The maximum Gasteiger partial charge on any atom is 0.309 e. The van der Waals surface area contributed by atoms with Gasteiger partial charge in [-0.25, -0.2) is 0 Å². The molecule has 0 aromatic heterocycles. The molecule has 2 N–H and O–H groups in total. The van der Waals surface area contributed by atoms with Crippen molar-refractivity contribution in [1.82, 2.24) is 4.90 Å². The molecule has 1 aliphatic carbocycles. The number of piperidine rings is 1. The van der Waals surface area contributed by atoms with Crippen molar-refractivity contribution in [2.45, 2.75) is 63.6 Å². The molecule has 3 heterocycles. The van der Waals surface area contributed by atoms with E-state index in [1.54, 1.807) is 18.4 Å². The summed E-state index contributed by atoms with van der Waals surface area (Å²) in [5, 5.41) is 20.0. The van der Waals surface area contributed by atoms with Crippen molar-refractivity contribution in [3.05, 3.63) is 59.1 Å². The van der Waals surface area contributed by atoms with Gasteiger partial charge in [-0.15, -0.1) is 0 Å². The molecule has 4 aliphatic rings. The summed E-state index contributed by atoms with van der Waals surface area (Å²) in [6, 6.07) is -0.318. The molecular weight excluding hydrogens is 414 g/mol. The highest BCUT2D eigenvalue weighted by Crippen LogP contribution is 2.47. The van der Waals surface area contributed by atoms with E-state index in [2.05, 4.69) is 0 Å². The van der Waals surface area contributed by atoms with Gasteiger partial charge in [-0.1, -0.05) is 18.2 Å². The van der Waals surface area contributed by atoms with Gasteiger partial charge >= 0.3 is 5.97 Å². The molecule has 0 aromatic carbocycles. The van der Waals surface area contributed by atoms with Crippen molar-refractivity contribution < 1.29 is 34.1 Å². The lowest BCUT2D eigenvalue weighted by Gasteiger charge is -2.44. The van der Waals surface area contributed by atoms with Gasteiger partial charge in [0.15, 0.2) is 0 Å². The van der Waals surface area contributed by atoms with Gasteiger partial charge in [0.25, 0.3) is 0 Å². The lowest BCUT2D eigenvalue weighted by atomic mass is 9.73. The molecule has 5 atom stereocenters. The van der Waals surface area contributed by atoms with Crippen molar-refractivity contribution in [1.29, 1.82) is 0 Å². The fraction of sp³-hybridized carbons (Fsp3) is 0.458. The summed E-state index contributed by atoms with van der Waals surface area (Å²) >= 11 is 0. The normalized spacial score (nSPS) is 32.5. The first-order chi connectivity index (χ1) is 15.2. The van der Waals surface area contributed by atoms with Crippen molar-refractivity contribution in [2.24, 2.45) is 0 Å². The minimum absolute atomic E-state index is 0.265. The monoisotopic (exact) mass is 441 g/mol. The zero-order valence-electron chi connectivity index (χ0n) is 18.3. The number of aliphatic hydroxyl groups excluding tert-OH is 2. The third kappa shape index (κ3) is 3.53. The number of Topliss-reactive ketones (excluding diaryl/α,β-unsaturated/α-hetero) is 1. The molecule has 3 aliphatic heterocycles. The van der Waals surface area contributed by atoms with Crippen LogP contribution in [0.1, 0.15) is 33.6 Å². The Bertz CT molecular complexity index is 1020. The zero-order valence-corrected chi connectivity index (χ0v) is 18.3. The number of esters is 1. The van der Waals surface area contributed by atoms with E-state index in [0.717, 1.165) is 0 Å². The van der Waals surface area contributed by atoms with E-state index in [-0.39, 0.29) is 18.0 Å². The highest BCUT2D eigenvalue weighted by atomic mass is 16.6. The number of carbonyl (C=O) groups excluding carboxylic acids is 3. The number of carbonyl (C=O) groups is 3. The number of allylic oxidation sites excluding steroid dienone is 4. The highest BCUT2D eigenvalue weighted by Gasteiger charge is 2.55. The molecule has 0 spiro atoms. The number of fused-ring (bicyclic) bond motifs is 2. The predicted octanol–water partition coefficient (Wildman–Crippen LogP) is 1.26. The lowest BCUT2D eigenvalue weighted by molar-refractivity contribution is -0.170. The second-order valence-electron chi connectivity index (χ2n) is 8.64. The number of ether oxygens (including phenoxy) is 2. The van der Waals surface area contributed by atoms with Crippen molar-refractivity contribution in [3.8, 4) is 0 Å². The Balaban J connectivity index is 1.79. The molecule has 5 unspecified atom stereocenters. The standard InChI is InChI=1S/C24H27NO7/c1-4-5-6-7-17-20-14-11-18(28)24(3,32-19(29)10-13(2)26)23(30)15(14)12-25-9-8-16(27)22(31-17)21(20)25/h4-7,11-13,16,21-22,26-27H,8-10H2,1-3H3. The Kier molecular flexibility index (Phi) is 5.68. The largest absolute Gasteiger partial charge is 0.485 e. The summed E-state index contributed by atoms with van der Waals surface area (Å²) in [4.78, 5) is 40.6. The van der Waals surface area contributed by atoms with E-state index in [4.69, 9.17) is 9.47 Å². The average molecular weight is 441 g/mol. The number of nitrogens with zero attached hydrogens (tertiary/aromatic N) is 1. The topological polar surface area (TPSA) is 113 Å². The zero-order chi connectivity index (χ0) is 23.2. The van der Waals surface area contributed by atoms with Crippen LogP contribution in [-0.4, -0.2) is 69.1 Å². The predicted molar refractivity (Wildman–Crippen MR) is 114 cm³/mol. The van der Waals surface area contributed by atoms with Crippen LogP contribution in [0.5, 0.6) is 0 Å². The maximum atomic E-state index is 13.5. The molecule has 0 aromatic rings. The first-order valence-electron chi connectivity index (χ1n) is 10.7. The van der Waals surface area contributed by atoms with Gasteiger partial charge in [0, 0.05) is 23.9 Å². The Morgan fingerprint density at radius 2 is 2.12 bits per heavy atom. The van der Waals surface area contributed by atoms with Crippen molar-refractivity contribution >= 4 is 17.5 Å². The van der Waals surface area contributed by atoms with Crippen LogP contribution in [0.4, 0.5) is 0 Å². The van der Waals surface area contributed by atoms with E-state index in [0.29, 0.717) is 29.9 Å². The highest BCUT2D eigenvalue weighted by molar-refractivity contribution is 6.26. The van der Waals surface area contributed by atoms with Gasteiger partial charge in [-0.05, 0) is 44.9 Å². The third-order valence-electron chi connectivity index (χ3n) is 6.19. The van der Waals surface area contributed by atoms with Gasteiger partial charge in [0.05, 0.1) is 24.7 Å². The van der Waals surface area contributed by atoms with Crippen LogP contribution >= 0.6 is 0 Å². The van der Waals surface area contributed by atoms with Crippen LogP contribution in [0.2, 0.25) is 0 Å². The summed E-state index contributed by atoms with van der Waals surface area (Å²) < 4.78 is 11.4. The smallest absolute Gasteiger partial charge is 0.309 e. The van der Waals surface area contributed by atoms with Crippen LogP contribution in [0, 0.1) is 0 Å². The van der Waals surface area contributed by atoms with E-state index < -0.39 is 41.4 Å². The maximum absolute atomic E-state index is 13.5. The minimum Gasteiger partial charge on any atom is -0.485 e. The fourth-order valence-electron chi connectivity index (χ4n) is 4.59. The Hall–Kier alpha value is -2.97. The second kappa shape index (κ2) is 8.18. The number of aliphatic hydroxyl groups is 2. The molecule has 32 heavy (non-hydrogen) atoms. The Morgan fingerprint density at radius 1 is 1.38 bits per heavy atom. The van der Waals surface area contributed by atoms with Crippen LogP contribution in [0.25, 0.3) is 0 Å². The van der Waals surface area contributed by atoms with E-state index >= 15 is 0 Å². The molecule has 0 radical (unpaired) electrons. The summed E-state index contributed by atoms with van der Waals surface area (Å²) in [6.45, 7) is 5.10. The van der Waals surface area contributed by atoms with Crippen LogP contribution in [-0.2, 0) is 23.9 Å². The summed E-state index contributed by atoms with van der Waals surface area (Å²) in [6.07, 6.45) is 8.26. The van der Waals surface area contributed by atoms with Gasteiger partial charge in [-0.3, -0.25) is 14.4 Å². The van der Waals surface area contributed by atoms with Gasteiger partial charge in [0.2, 0.25) is 17.2 Å². The van der Waals surface area contributed by atoms with E-state index in [1.807, 2.05) is 24.0 Å². The SMILES string of the molecule is CC=CC=CC1=C2C3=CC(=O)C(C)(OC(=O)CC(C)O)C(=O)C3=CN3CCC(O)C(O1)C23. The van der Waals surface area contributed by atoms with Crippen LogP contribution < -0.4 is 0 Å². The van der Waals surface area contributed by atoms with Gasteiger partial charge in [-0.2, -0.15) is 0 Å². The van der Waals surface area contributed by atoms with E-state index in [9.17, 15) is 24.6 Å². The third-order valence-corrected chi connectivity index (χ3v) is 6.19. The lowest BCUT2D eigenvalue weighted by Crippen LogP contribution is -2.56. The molecule has 4 rings (SSSR count). The quantitative estimate of drug-likeness (QED) is 0.372. The van der Waals surface area contributed by atoms with Crippen molar-refractivity contribution in [3.63, 3.8) is 0 Å². The molecule has 8 heteroatoms. The second-order valence-corrected chi connectivity index (χ2v) is 8.64. The molecule has 0 amide bonds. The van der Waals surface area contributed by atoms with Gasteiger partial charge in [0.1, 0.15) is 11.9 Å². The molecule has 8 nitrogen and oxygen atoms in total. The number of hydrogen-bond donors (Lipinski definition) is 2. The average Bonchev–Trinajstić information content (AvgIpc) is 3.11. The molecule has 0 saturated carbocycles. The first kappa shape index (κ1) is 22.2. The minimum atomic E-state index is -2.00. The summed E-state index contributed by atoms with van der Waals surface area (Å²) in [5.74, 6) is -1.59. The summed E-state index contributed by atoms with van der Waals surface area (Å²) in [7, 11) is 0. The van der Waals surface area contributed by atoms with Crippen molar-refractivity contribution in [2.75, 3.05) is 6.54 Å². The molecule has 170 valence electrons. The fourth-order valence-corrected chi connectivity index (χ4v) is 4.59. The molecule has 1 saturated heterocycles. The first-order valence-corrected chi connectivity index (χ1v) is 10.7. The molecular formula is C24H27NO7. The number of rotatable bonds is 5. The Morgan fingerprint density at radius 3 is 2.81 bits per heavy atom. The molecule has 1 fully saturated rings. The number of hydrogen-bond acceptors (Lipinski definition) is 8. The van der Waals surface area contributed by atoms with Gasteiger partial charge < -0.3 is 24.6 Å². The Labute approximate surface area is 186 Å². The molecule has 0 bridgehead atoms.